The number of halogens is 1. The average molecular weight is 199 g/mol. The van der Waals surface area contributed by atoms with Crippen LogP contribution in [0.4, 0.5) is 0 Å². The lowest BCUT2D eigenvalue weighted by Crippen LogP contribution is -2.03. The minimum Gasteiger partial charge on any atom is -0.238 e. The van der Waals surface area contributed by atoms with E-state index < -0.39 is 0 Å². The van der Waals surface area contributed by atoms with Crippen molar-refractivity contribution in [2.45, 2.75) is 39.5 Å². The van der Waals surface area contributed by atoms with E-state index in [1.807, 2.05) is 6.92 Å². The van der Waals surface area contributed by atoms with Crippen LogP contribution >= 0.6 is 11.6 Å². The molecule has 0 saturated carbocycles. The lowest BCUT2D eigenvalue weighted by atomic mass is 10.0. The first-order valence-electron chi connectivity index (χ1n) is 4.68. The molecular weight excluding hydrogens is 184 g/mol. The molecular formula is C10H15ClN2. The maximum atomic E-state index is 5.86. The van der Waals surface area contributed by atoms with E-state index in [1.54, 1.807) is 6.07 Å². The molecule has 0 radical (unpaired) electrons. The van der Waals surface area contributed by atoms with E-state index in [-0.39, 0.29) is 0 Å². The predicted octanol–water partition coefficient (Wildman–Crippen LogP) is 3.34. The molecule has 1 heterocycles. The lowest BCUT2D eigenvalue weighted by Gasteiger charge is -2.10. The first-order valence-corrected chi connectivity index (χ1v) is 5.06. The Hall–Kier alpha value is -0.630. The molecule has 0 saturated heterocycles. The van der Waals surface area contributed by atoms with Crippen molar-refractivity contribution in [2.75, 3.05) is 0 Å². The van der Waals surface area contributed by atoms with Gasteiger partial charge in [0.25, 0.3) is 0 Å². The maximum absolute atomic E-state index is 5.86. The SMILES string of the molecule is CCC(CC)c1nc(C)cc(Cl)n1. The number of aryl methyl sites for hydroxylation is 1. The number of aromatic nitrogens is 2. The molecule has 1 rings (SSSR count). The van der Waals surface area contributed by atoms with Crippen molar-refractivity contribution in [3.63, 3.8) is 0 Å². The van der Waals surface area contributed by atoms with Crippen LogP contribution in [0.1, 0.15) is 44.1 Å². The van der Waals surface area contributed by atoms with Crippen LogP contribution < -0.4 is 0 Å². The summed E-state index contributed by atoms with van der Waals surface area (Å²) in [6, 6.07) is 1.79. The van der Waals surface area contributed by atoms with Crippen LogP contribution in [-0.4, -0.2) is 9.97 Å². The van der Waals surface area contributed by atoms with Crippen molar-refractivity contribution < 1.29 is 0 Å². The summed E-state index contributed by atoms with van der Waals surface area (Å²) in [5.74, 6) is 1.33. The quantitative estimate of drug-likeness (QED) is 0.697. The second-order valence-corrected chi connectivity index (χ2v) is 3.59. The smallest absolute Gasteiger partial charge is 0.133 e. The van der Waals surface area contributed by atoms with Crippen LogP contribution in [0, 0.1) is 6.92 Å². The summed E-state index contributed by atoms with van der Waals surface area (Å²) in [4.78, 5) is 8.61. The fraction of sp³-hybridized carbons (Fsp3) is 0.600. The standard InChI is InChI=1S/C10H15ClN2/c1-4-8(5-2)10-12-7(3)6-9(11)13-10/h6,8H,4-5H2,1-3H3. The molecule has 0 unspecified atom stereocenters. The molecule has 3 heteroatoms. The van der Waals surface area contributed by atoms with E-state index in [0.29, 0.717) is 11.1 Å². The summed E-state index contributed by atoms with van der Waals surface area (Å²) in [5, 5.41) is 0.550. The van der Waals surface area contributed by atoms with Crippen LogP contribution in [0.15, 0.2) is 6.07 Å². The minimum atomic E-state index is 0.442. The van der Waals surface area contributed by atoms with Crippen molar-refractivity contribution in [3.8, 4) is 0 Å². The van der Waals surface area contributed by atoms with E-state index in [4.69, 9.17) is 11.6 Å². The summed E-state index contributed by atoms with van der Waals surface area (Å²) in [5.41, 5.74) is 0.946. The molecule has 0 aliphatic heterocycles. The molecule has 13 heavy (non-hydrogen) atoms. The van der Waals surface area contributed by atoms with Gasteiger partial charge in [0.1, 0.15) is 11.0 Å². The molecule has 0 N–H and O–H groups in total. The van der Waals surface area contributed by atoms with Crippen LogP contribution in [-0.2, 0) is 0 Å². The third kappa shape index (κ3) is 2.66. The van der Waals surface area contributed by atoms with Crippen LogP contribution in [0.25, 0.3) is 0 Å². The number of rotatable bonds is 3. The van der Waals surface area contributed by atoms with Crippen LogP contribution in [0.5, 0.6) is 0 Å². The molecule has 0 atom stereocenters. The summed E-state index contributed by atoms with van der Waals surface area (Å²) < 4.78 is 0. The third-order valence-corrected chi connectivity index (χ3v) is 2.38. The topological polar surface area (TPSA) is 25.8 Å². The number of hydrogen-bond acceptors (Lipinski definition) is 2. The molecule has 0 bridgehead atoms. The summed E-state index contributed by atoms with van der Waals surface area (Å²) in [7, 11) is 0. The summed E-state index contributed by atoms with van der Waals surface area (Å²) >= 11 is 5.86. The molecule has 0 aliphatic carbocycles. The zero-order valence-electron chi connectivity index (χ0n) is 8.34. The van der Waals surface area contributed by atoms with Crippen molar-refractivity contribution >= 4 is 11.6 Å². The molecule has 72 valence electrons. The van der Waals surface area contributed by atoms with Gasteiger partial charge in [-0.05, 0) is 25.8 Å². The Balaban J connectivity index is 2.99. The molecule has 0 amide bonds. The van der Waals surface area contributed by atoms with Gasteiger partial charge in [-0.25, -0.2) is 9.97 Å². The largest absolute Gasteiger partial charge is 0.238 e. The normalized spacial score (nSPS) is 10.8. The highest BCUT2D eigenvalue weighted by Crippen LogP contribution is 2.20. The van der Waals surface area contributed by atoms with E-state index in [0.717, 1.165) is 24.4 Å². The summed E-state index contributed by atoms with van der Waals surface area (Å²) in [6.45, 7) is 6.24. The second-order valence-electron chi connectivity index (χ2n) is 3.20. The average Bonchev–Trinajstić information content (AvgIpc) is 2.04. The van der Waals surface area contributed by atoms with Gasteiger partial charge in [0.2, 0.25) is 0 Å². The fourth-order valence-electron chi connectivity index (χ4n) is 1.39. The zero-order valence-corrected chi connectivity index (χ0v) is 9.10. The molecule has 0 fully saturated rings. The Morgan fingerprint density at radius 3 is 2.38 bits per heavy atom. The monoisotopic (exact) mass is 198 g/mol. The maximum Gasteiger partial charge on any atom is 0.133 e. The first-order chi connectivity index (χ1) is 6.17. The van der Waals surface area contributed by atoms with Crippen molar-refractivity contribution in [1.29, 1.82) is 0 Å². The highest BCUT2D eigenvalue weighted by molar-refractivity contribution is 6.29. The Labute approximate surface area is 84.4 Å². The van der Waals surface area contributed by atoms with Gasteiger partial charge < -0.3 is 0 Å². The van der Waals surface area contributed by atoms with Crippen LogP contribution in [0.2, 0.25) is 5.15 Å². The highest BCUT2D eigenvalue weighted by atomic mass is 35.5. The van der Waals surface area contributed by atoms with Gasteiger partial charge in [0.15, 0.2) is 0 Å². The van der Waals surface area contributed by atoms with Gasteiger partial charge >= 0.3 is 0 Å². The highest BCUT2D eigenvalue weighted by Gasteiger charge is 2.10. The zero-order chi connectivity index (χ0) is 9.84. The van der Waals surface area contributed by atoms with Crippen molar-refractivity contribution in [1.82, 2.24) is 9.97 Å². The summed E-state index contributed by atoms with van der Waals surface area (Å²) in [6.07, 6.45) is 2.13. The predicted molar refractivity (Wildman–Crippen MR) is 55.1 cm³/mol. The van der Waals surface area contributed by atoms with Crippen molar-refractivity contribution in [2.24, 2.45) is 0 Å². The van der Waals surface area contributed by atoms with Gasteiger partial charge in [-0.2, -0.15) is 0 Å². The van der Waals surface area contributed by atoms with Gasteiger partial charge in [-0.3, -0.25) is 0 Å². The Kier molecular flexibility index (Phi) is 3.67. The second kappa shape index (κ2) is 4.56. The van der Waals surface area contributed by atoms with Gasteiger partial charge in [0, 0.05) is 11.6 Å². The molecule has 0 aliphatic rings. The molecule has 0 spiro atoms. The molecule has 2 nitrogen and oxygen atoms in total. The minimum absolute atomic E-state index is 0.442. The van der Waals surface area contributed by atoms with E-state index in [2.05, 4.69) is 23.8 Å². The first kappa shape index (κ1) is 10.5. The molecule has 0 aromatic carbocycles. The van der Waals surface area contributed by atoms with Crippen LogP contribution in [0.3, 0.4) is 0 Å². The number of nitrogens with zero attached hydrogens (tertiary/aromatic N) is 2. The lowest BCUT2D eigenvalue weighted by molar-refractivity contribution is 0.599. The Bertz CT molecular complexity index is 262. The van der Waals surface area contributed by atoms with E-state index >= 15 is 0 Å². The molecule has 1 aromatic rings. The van der Waals surface area contributed by atoms with Gasteiger partial charge in [-0.15, -0.1) is 0 Å². The van der Waals surface area contributed by atoms with Gasteiger partial charge in [-0.1, -0.05) is 25.4 Å². The molecule has 1 aromatic heterocycles. The Morgan fingerprint density at radius 1 is 1.31 bits per heavy atom. The Morgan fingerprint density at radius 2 is 1.92 bits per heavy atom. The van der Waals surface area contributed by atoms with Crippen molar-refractivity contribution in [3.05, 3.63) is 22.7 Å². The fourth-order valence-corrected chi connectivity index (χ4v) is 1.63. The van der Waals surface area contributed by atoms with E-state index in [9.17, 15) is 0 Å². The van der Waals surface area contributed by atoms with E-state index in [1.165, 1.54) is 0 Å². The van der Waals surface area contributed by atoms with Gasteiger partial charge in [0.05, 0.1) is 0 Å². The number of hydrogen-bond donors (Lipinski definition) is 0. The third-order valence-electron chi connectivity index (χ3n) is 2.19.